The number of carbonyl (C=O) groups excluding carboxylic acids is 1. The van der Waals surface area contributed by atoms with Gasteiger partial charge in [-0.05, 0) is 75.9 Å². The van der Waals surface area contributed by atoms with Crippen LogP contribution in [0.5, 0.6) is 0 Å². The number of anilines is 1. The Morgan fingerprint density at radius 2 is 1.91 bits per heavy atom. The molecule has 2 aromatic carbocycles. The molecular weight excluding hydrogens is 436 g/mol. The maximum absolute atomic E-state index is 13.8. The first-order chi connectivity index (χ1) is 15.7. The highest BCUT2D eigenvalue weighted by Gasteiger charge is 2.32. The summed E-state index contributed by atoms with van der Waals surface area (Å²) < 4.78 is 33.0. The summed E-state index contributed by atoms with van der Waals surface area (Å²) >= 11 is 0. The Morgan fingerprint density at radius 3 is 2.64 bits per heavy atom. The van der Waals surface area contributed by atoms with E-state index in [0.717, 1.165) is 40.4 Å². The van der Waals surface area contributed by atoms with Gasteiger partial charge in [-0.25, -0.2) is 8.42 Å². The third-order valence-electron chi connectivity index (χ3n) is 6.40. The third-order valence-corrected chi connectivity index (χ3v) is 8.15. The predicted octanol–water partition coefficient (Wildman–Crippen LogP) is 4.77. The van der Waals surface area contributed by atoms with Gasteiger partial charge in [-0.1, -0.05) is 17.7 Å². The number of hydrogen-bond acceptors (Lipinski definition) is 6. The van der Waals surface area contributed by atoms with E-state index in [4.69, 9.17) is 4.74 Å². The summed E-state index contributed by atoms with van der Waals surface area (Å²) in [5, 5.41) is 0.782. The van der Waals surface area contributed by atoms with Crippen LogP contribution < -0.4 is 4.90 Å². The lowest BCUT2D eigenvalue weighted by Gasteiger charge is -2.35. The highest BCUT2D eigenvalue weighted by atomic mass is 32.2. The maximum atomic E-state index is 13.8. The minimum atomic E-state index is -3.83. The molecule has 0 saturated carbocycles. The number of esters is 1. The first-order valence-corrected chi connectivity index (χ1v) is 12.8. The van der Waals surface area contributed by atoms with E-state index in [-0.39, 0.29) is 21.7 Å². The predicted molar refractivity (Wildman–Crippen MR) is 129 cm³/mol. The summed E-state index contributed by atoms with van der Waals surface area (Å²) in [7, 11) is -3.83. The Kier molecular flexibility index (Phi) is 6.43. The van der Waals surface area contributed by atoms with Crippen molar-refractivity contribution < 1.29 is 17.9 Å². The van der Waals surface area contributed by atoms with E-state index in [1.54, 1.807) is 19.1 Å². The second-order valence-electron chi connectivity index (χ2n) is 8.78. The molecule has 0 amide bonds. The van der Waals surface area contributed by atoms with Crippen molar-refractivity contribution in [1.29, 1.82) is 0 Å². The Labute approximate surface area is 195 Å². The summed E-state index contributed by atoms with van der Waals surface area (Å²) in [5.41, 5.74) is 4.33. The van der Waals surface area contributed by atoms with Crippen LogP contribution in [0.2, 0.25) is 0 Å². The number of aryl methyl sites for hydroxylation is 3. The zero-order valence-electron chi connectivity index (χ0n) is 19.6. The number of ether oxygens (including phenoxy) is 1. The van der Waals surface area contributed by atoms with Crippen LogP contribution in [-0.2, 0) is 19.4 Å². The van der Waals surface area contributed by atoms with E-state index in [2.05, 4.69) is 4.98 Å². The highest BCUT2D eigenvalue weighted by molar-refractivity contribution is 7.91. The number of carbonyl (C=O) groups is 1. The Hall–Kier alpha value is -2.93. The molecule has 4 rings (SSSR count). The molecule has 0 spiro atoms. The number of benzene rings is 2. The normalized spacial score (nSPS) is 16.7. The summed E-state index contributed by atoms with van der Waals surface area (Å²) in [6.45, 7) is 9.06. The minimum absolute atomic E-state index is 0.174. The largest absolute Gasteiger partial charge is 0.466 e. The SMILES string of the molecule is CCOC(=O)[C@H]1CCCN(c2c(S(=O)(=O)c3ccc(C)c(C)c3)cnc3ccc(C)cc23)C1. The fourth-order valence-electron chi connectivity index (χ4n) is 4.44. The van der Waals surface area contributed by atoms with Gasteiger partial charge >= 0.3 is 5.97 Å². The van der Waals surface area contributed by atoms with Crippen molar-refractivity contribution in [1.82, 2.24) is 4.98 Å². The van der Waals surface area contributed by atoms with Gasteiger partial charge in [0.15, 0.2) is 0 Å². The monoisotopic (exact) mass is 466 g/mol. The molecule has 1 saturated heterocycles. The van der Waals surface area contributed by atoms with E-state index < -0.39 is 9.84 Å². The molecule has 174 valence electrons. The van der Waals surface area contributed by atoms with E-state index in [1.165, 1.54) is 6.20 Å². The number of hydrogen-bond donors (Lipinski definition) is 0. The molecule has 6 nitrogen and oxygen atoms in total. The van der Waals surface area contributed by atoms with Gasteiger partial charge in [-0.3, -0.25) is 9.78 Å². The first-order valence-electron chi connectivity index (χ1n) is 11.4. The van der Waals surface area contributed by atoms with E-state index in [1.807, 2.05) is 49.9 Å². The molecule has 3 aromatic rings. The van der Waals surface area contributed by atoms with Crippen LogP contribution in [0, 0.1) is 26.7 Å². The standard InChI is InChI=1S/C26H30N2O4S/c1-5-32-26(29)20-7-6-12-28(16-20)25-22-13-17(2)8-11-23(22)27-15-24(25)33(30,31)21-10-9-18(3)19(4)14-21/h8-11,13-15,20H,5-7,12,16H2,1-4H3/t20-/m0/s1. The summed E-state index contributed by atoms with van der Waals surface area (Å²) in [6.07, 6.45) is 2.98. The molecule has 2 heterocycles. The van der Waals surface area contributed by atoms with Gasteiger partial charge in [0.2, 0.25) is 9.84 Å². The lowest BCUT2D eigenvalue weighted by molar-refractivity contribution is -0.148. The molecular formula is C26H30N2O4S. The van der Waals surface area contributed by atoms with E-state index in [0.29, 0.717) is 25.4 Å². The molecule has 1 aromatic heterocycles. The number of fused-ring (bicyclic) bond motifs is 1. The van der Waals surface area contributed by atoms with Crippen LogP contribution in [0.4, 0.5) is 5.69 Å². The van der Waals surface area contributed by atoms with Gasteiger partial charge in [-0.15, -0.1) is 0 Å². The van der Waals surface area contributed by atoms with Crippen molar-refractivity contribution in [2.45, 2.75) is 50.3 Å². The molecule has 1 aliphatic heterocycles. The van der Waals surface area contributed by atoms with Crippen molar-refractivity contribution in [3.05, 3.63) is 59.3 Å². The minimum Gasteiger partial charge on any atom is -0.466 e. The van der Waals surface area contributed by atoms with Crippen molar-refractivity contribution in [2.75, 3.05) is 24.6 Å². The molecule has 1 atom stereocenters. The van der Waals surface area contributed by atoms with Gasteiger partial charge in [0.1, 0.15) is 4.90 Å². The third kappa shape index (κ3) is 4.47. The molecule has 0 bridgehead atoms. The lowest BCUT2D eigenvalue weighted by atomic mass is 9.97. The van der Waals surface area contributed by atoms with Gasteiger partial charge in [0.25, 0.3) is 0 Å². The van der Waals surface area contributed by atoms with Gasteiger partial charge in [0, 0.05) is 24.7 Å². The number of sulfone groups is 1. The quantitative estimate of drug-likeness (QED) is 0.504. The van der Waals surface area contributed by atoms with Gasteiger partial charge in [0.05, 0.1) is 28.6 Å². The van der Waals surface area contributed by atoms with Crippen LogP contribution in [-0.4, -0.2) is 39.1 Å². The second-order valence-corrected chi connectivity index (χ2v) is 10.7. The number of aromatic nitrogens is 1. The lowest BCUT2D eigenvalue weighted by Crippen LogP contribution is -2.40. The molecule has 0 unspecified atom stereocenters. The fraction of sp³-hybridized carbons (Fsp3) is 0.385. The molecule has 1 aliphatic rings. The molecule has 7 heteroatoms. The number of piperidine rings is 1. The Balaban J connectivity index is 1.90. The summed E-state index contributed by atoms with van der Waals surface area (Å²) in [4.78, 5) is 19.4. The van der Waals surface area contributed by atoms with E-state index in [9.17, 15) is 13.2 Å². The maximum Gasteiger partial charge on any atom is 0.310 e. The summed E-state index contributed by atoms with van der Waals surface area (Å²) in [6, 6.07) is 11.1. The number of pyridine rings is 1. The average molecular weight is 467 g/mol. The molecule has 0 aliphatic carbocycles. The first kappa shape index (κ1) is 23.2. The smallest absolute Gasteiger partial charge is 0.310 e. The van der Waals surface area contributed by atoms with Crippen LogP contribution in [0.15, 0.2) is 52.4 Å². The fourth-order valence-corrected chi connectivity index (χ4v) is 5.96. The van der Waals surface area contributed by atoms with Crippen LogP contribution in [0.25, 0.3) is 10.9 Å². The average Bonchev–Trinajstić information content (AvgIpc) is 2.80. The number of rotatable bonds is 5. The van der Waals surface area contributed by atoms with Crippen molar-refractivity contribution in [2.24, 2.45) is 5.92 Å². The van der Waals surface area contributed by atoms with Crippen LogP contribution in [0.3, 0.4) is 0 Å². The van der Waals surface area contributed by atoms with Crippen molar-refractivity contribution >= 4 is 32.4 Å². The molecule has 0 radical (unpaired) electrons. The summed E-state index contributed by atoms with van der Waals surface area (Å²) in [5.74, 6) is -0.515. The molecule has 0 N–H and O–H groups in total. The number of nitrogens with zero attached hydrogens (tertiary/aromatic N) is 2. The Morgan fingerprint density at radius 1 is 1.12 bits per heavy atom. The van der Waals surface area contributed by atoms with Gasteiger partial charge < -0.3 is 9.64 Å². The Bertz CT molecular complexity index is 1320. The zero-order chi connectivity index (χ0) is 23.8. The van der Waals surface area contributed by atoms with Crippen molar-refractivity contribution in [3.63, 3.8) is 0 Å². The van der Waals surface area contributed by atoms with E-state index >= 15 is 0 Å². The van der Waals surface area contributed by atoms with Crippen molar-refractivity contribution in [3.8, 4) is 0 Å². The second kappa shape index (κ2) is 9.14. The van der Waals surface area contributed by atoms with Gasteiger partial charge in [-0.2, -0.15) is 0 Å². The highest BCUT2D eigenvalue weighted by Crippen LogP contribution is 2.38. The zero-order valence-corrected chi connectivity index (χ0v) is 20.4. The van der Waals surface area contributed by atoms with Crippen LogP contribution >= 0.6 is 0 Å². The van der Waals surface area contributed by atoms with Crippen LogP contribution in [0.1, 0.15) is 36.5 Å². The molecule has 1 fully saturated rings. The molecule has 33 heavy (non-hydrogen) atoms. The topological polar surface area (TPSA) is 76.6 Å².